The van der Waals surface area contributed by atoms with E-state index in [4.69, 9.17) is 28.2 Å². The Labute approximate surface area is 204 Å². The van der Waals surface area contributed by atoms with E-state index < -0.39 is 5.92 Å². The predicted octanol–water partition coefficient (Wildman–Crippen LogP) is 4.54. The number of fused-ring (bicyclic) bond motifs is 1. The lowest BCUT2D eigenvalue weighted by Gasteiger charge is -2.45. The molecule has 33 heavy (non-hydrogen) atoms. The van der Waals surface area contributed by atoms with Gasteiger partial charge in [-0.05, 0) is 37.1 Å². The minimum atomic E-state index is -0.429. The molecule has 0 aromatic heterocycles. The van der Waals surface area contributed by atoms with Crippen molar-refractivity contribution in [3.05, 3.63) is 64.1 Å². The quantitative estimate of drug-likeness (QED) is 0.643. The van der Waals surface area contributed by atoms with Gasteiger partial charge in [-0.25, -0.2) is 4.99 Å². The van der Waals surface area contributed by atoms with E-state index in [2.05, 4.69) is 26.9 Å². The molecule has 3 aliphatic heterocycles. The van der Waals surface area contributed by atoms with E-state index >= 15 is 0 Å². The van der Waals surface area contributed by atoms with E-state index in [1.54, 1.807) is 6.07 Å². The standard InChI is InChI=1S/C25H27Cl2N5O/c1-17-21(24(33)31-15-13-30(14-16-31)18-7-3-2-4-8-18)23(19-9-5-10-20(26)22(19)27)32-12-6-11-28-25(32)29-17/h2-5,7-10,21,23H,6,11-16H2,1H3. The van der Waals surface area contributed by atoms with Crippen molar-refractivity contribution in [2.45, 2.75) is 19.4 Å². The first-order chi connectivity index (χ1) is 16.0. The molecule has 2 aromatic carbocycles. The molecule has 172 valence electrons. The molecule has 2 aromatic rings. The Morgan fingerprint density at radius 3 is 2.48 bits per heavy atom. The Bertz CT molecular complexity index is 1100. The Morgan fingerprint density at radius 1 is 0.970 bits per heavy atom. The van der Waals surface area contributed by atoms with Crippen molar-refractivity contribution in [1.82, 2.24) is 9.80 Å². The number of benzene rings is 2. The monoisotopic (exact) mass is 483 g/mol. The van der Waals surface area contributed by atoms with Crippen LogP contribution in [-0.2, 0) is 4.79 Å². The van der Waals surface area contributed by atoms with Crippen LogP contribution in [0.4, 0.5) is 5.69 Å². The zero-order valence-corrected chi connectivity index (χ0v) is 20.1. The van der Waals surface area contributed by atoms with Gasteiger partial charge in [0.05, 0.1) is 16.1 Å². The predicted molar refractivity (Wildman–Crippen MR) is 135 cm³/mol. The van der Waals surface area contributed by atoms with Gasteiger partial charge in [0.15, 0.2) is 0 Å². The van der Waals surface area contributed by atoms with Gasteiger partial charge in [0, 0.05) is 50.7 Å². The van der Waals surface area contributed by atoms with Crippen LogP contribution in [0.5, 0.6) is 0 Å². The van der Waals surface area contributed by atoms with Crippen LogP contribution < -0.4 is 4.90 Å². The van der Waals surface area contributed by atoms with Crippen molar-refractivity contribution in [3.8, 4) is 0 Å². The highest BCUT2D eigenvalue weighted by atomic mass is 35.5. The number of carbonyl (C=O) groups is 1. The Balaban J connectivity index is 1.45. The molecule has 6 nitrogen and oxygen atoms in total. The molecule has 3 heterocycles. The van der Waals surface area contributed by atoms with E-state index in [1.807, 2.05) is 42.2 Å². The third-order valence-electron chi connectivity index (χ3n) is 6.72. The molecule has 0 saturated carbocycles. The minimum absolute atomic E-state index is 0.0922. The smallest absolute Gasteiger partial charge is 0.233 e. The van der Waals surface area contributed by atoms with Gasteiger partial charge in [0.2, 0.25) is 11.9 Å². The van der Waals surface area contributed by atoms with E-state index in [9.17, 15) is 4.79 Å². The van der Waals surface area contributed by atoms with Crippen molar-refractivity contribution >= 4 is 46.5 Å². The summed E-state index contributed by atoms with van der Waals surface area (Å²) < 4.78 is 0. The molecule has 1 fully saturated rings. The van der Waals surface area contributed by atoms with Gasteiger partial charge in [0.1, 0.15) is 5.92 Å². The summed E-state index contributed by atoms with van der Waals surface area (Å²) in [6.07, 6.45) is 0.920. The summed E-state index contributed by atoms with van der Waals surface area (Å²) in [5.41, 5.74) is 2.83. The van der Waals surface area contributed by atoms with Gasteiger partial charge in [-0.2, -0.15) is 0 Å². The van der Waals surface area contributed by atoms with Crippen LogP contribution in [-0.4, -0.2) is 66.6 Å². The Hall–Kier alpha value is -2.57. The van der Waals surface area contributed by atoms with Gasteiger partial charge < -0.3 is 14.7 Å². The molecule has 8 heteroatoms. The lowest BCUT2D eigenvalue weighted by Crippen LogP contribution is -2.56. The molecule has 5 rings (SSSR count). The molecule has 2 unspecified atom stereocenters. The van der Waals surface area contributed by atoms with Gasteiger partial charge in [-0.3, -0.25) is 9.79 Å². The van der Waals surface area contributed by atoms with Crippen LogP contribution in [0.1, 0.15) is 24.9 Å². The molecule has 0 radical (unpaired) electrons. The molecule has 0 bridgehead atoms. The highest BCUT2D eigenvalue weighted by Crippen LogP contribution is 2.41. The number of hydrogen-bond acceptors (Lipinski definition) is 5. The average molecular weight is 484 g/mol. The van der Waals surface area contributed by atoms with Crippen LogP contribution >= 0.6 is 23.2 Å². The van der Waals surface area contributed by atoms with Crippen LogP contribution in [0.2, 0.25) is 10.0 Å². The highest BCUT2D eigenvalue weighted by molar-refractivity contribution is 6.42. The lowest BCUT2D eigenvalue weighted by atomic mass is 9.85. The van der Waals surface area contributed by atoms with E-state index in [0.29, 0.717) is 29.1 Å². The fraction of sp³-hybridized carbons (Fsp3) is 0.400. The second-order valence-corrected chi connectivity index (χ2v) is 9.48. The van der Waals surface area contributed by atoms with Crippen molar-refractivity contribution < 1.29 is 4.79 Å². The van der Waals surface area contributed by atoms with E-state index in [-0.39, 0.29) is 11.9 Å². The summed E-state index contributed by atoms with van der Waals surface area (Å²) in [7, 11) is 0. The summed E-state index contributed by atoms with van der Waals surface area (Å²) in [6.45, 7) is 6.42. The second kappa shape index (κ2) is 9.35. The molecule has 0 aliphatic carbocycles. The van der Waals surface area contributed by atoms with E-state index in [1.165, 1.54) is 5.69 Å². The number of rotatable bonds is 3. The number of anilines is 1. The molecular weight excluding hydrogens is 457 g/mol. The Kier molecular flexibility index (Phi) is 6.30. The van der Waals surface area contributed by atoms with Crippen LogP contribution in [0.3, 0.4) is 0 Å². The first kappa shape index (κ1) is 22.2. The lowest BCUT2D eigenvalue weighted by molar-refractivity contribution is -0.135. The molecule has 3 aliphatic rings. The normalized spacial score (nSPS) is 23.1. The van der Waals surface area contributed by atoms with Crippen molar-refractivity contribution in [2.24, 2.45) is 15.9 Å². The number of aliphatic imine (C=N–C) groups is 2. The van der Waals surface area contributed by atoms with Crippen LogP contribution in [0.15, 0.2) is 58.5 Å². The largest absolute Gasteiger partial charge is 0.368 e. The number of halogens is 2. The number of guanidine groups is 1. The van der Waals surface area contributed by atoms with Crippen LogP contribution in [0.25, 0.3) is 0 Å². The fourth-order valence-electron chi connectivity index (χ4n) is 5.04. The number of carbonyl (C=O) groups excluding carboxylic acids is 1. The molecular formula is C25H27Cl2N5O. The fourth-order valence-corrected chi connectivity index (χ4v) is 5.46. The SMILES string of the molecule is CC1=NC2=NCCCN2C(c2cccc(Cl)c2Cl)C1C(=O)N1CCN(c2ccccc2)CC1. The second-order valence-electron chi connectivity index (χ2n) is 8.70. The molecule has 1 saturated heterocycles. The third-order valence-corrected chi connectivity index (χ3v) is 7.56. The summed E-state index contributed by atoms with van der Waals surface area (Å²) in [5.74, 6) is 0.355. The molecule has 0 N–H and O–H groups in total. The van der Waals surface area contributed by atoms with E-state index in [0.717, 1.165) is 43.9 Å². The summed E-state index contributed by atoms with van der Waals surface area (Å²) in [4.78, 5) is 29.8. The number of piperazine rings is 1. The summed E-state index contributed by atoms with van der Waals surface area (Å²) >= 11 is 13.1. The zero-order chi connectivity index (χ0) is 22.9. The summed E-state index contributed by atoms with van der Waals surface area (Å²) in [5, 5.41) is 0.989. The van der Waals surface area contributed by atoms with Gasteiger partial charge in [-0.15, -0.1) is 0 Å². The molecule has 0 spiro atoms. The van der Waals surface area contributed by atoms with Crippen LogP contribution in [0, 0.1) is 5.92 Å². The average Bonchev–Trinajstić information content (AvgIpc) is 2.85. The van der Waals surface area contributed by atoms with Gasteiger partial charge in [0.25, 0.3) is 0 Å². The maximum atomic E-state index is 13.9. The van der Waals surface area contributed by atoms with Crippen molar-refractivity contribution in [3.63, 3.8) is 0 Å². The Morgan fingerprint density at radius 2 is 1.73 bits per heavy atom. The maximum Gasteiger partial charge on any atom is 0.233 e. The number of para-hydroxylation sites is 1. The number of nitrogens with zero attached hydrogens (tertiary/aromatic N) is 5. The number of amides is 1. The van der Waals surface area contributed by atoms with Gasteiger partial charge >= 0.3 is 0 Å². The molecule has 1 amide bonds. The first-order valence-electron chi connectivity index (χ1n) is 11.4. The molecule has 2 atom stereocenters. The zero-order valence-electron chi connectivity index (χ0n) is 18.6. The summed E-state index contributed by atoms with van der Waals surface area (Å²) in [6, 6.07) is 15.7. The third kappa shape index (κ3) is 4.22. The highest BCUT2D eigenvalue weighted by Gasteiger charge is 2.44. The number of hydrogen-bond donors (Lipinski definition) is 0. The van der Waals surface area contributed by atoms with Gasteiger partial charge in [-0.1, -0.05) is 53.5 Å². The van der Waals surface area contributed by atoms with Crippen molar-refractivity contribution in [1.29, 1.82) is 0 Å². The minimum Gasteiger partial charge on any atom is -0.368 e. The topological polar surface area (TPSA) is 51.5 Å². The maximum absolute atomic E-state index is 13.9. The van der Waals surface area contributed by atoms with Crippen molar-refractivity contribution in [2.75, 3.05) is 44.2 Å². The first-order valence-corrected chi connectivity index (χ1v) is 12.2.